The Bertz CT molecular complexity index is 447. The molecule has 1 amide bonds. The molecule has 1 fully saturated rings. The normalized spacial score (nSPS) is 19.4. The molecule has 1 heterocycles. The SMILES string of the molecule is O=C(O)[C@H]1CC(=O)N1Cc1cccc(Br)c1. The summed E-state index contributed by atoms with van der Waals surface area (Å²) in [6.45, 7) is 0.356. The smallest absolute Gasteiger partial charge is 0.326 e. The molecular formula is C11H10BrNO3. The molecule has 1 aromatic rings. The first-order valence-corrected chi connectivity index (χ1v) is 5.64. The Hall–Kier alpha value is -1.36. The van der Waals surface area contributed by atoms with Gasteiger partial charge >= 0.3 is 5.97 Å². The van der Waals surface area contributed by atoms with Crippen LogP contribution in [-0.2, 0) is 16.1 Å². The molecule has 84 valence electrons. The molecule has 0 aromatic heterocycles. The Kier molecular flexibility index (Phi) is 2.96. The average molecular weight is 284 g/mol. The molecule has 1 atom stereocenters. The highest BCUT2D eigenvalue weighted by Crippen LogP contribution is 2.23. The molecule has 0 aliphatic carbocycles. The van der Waals surface area contributed by atoms with E-state index in [4.69, 9.17) is 5.11 Å². The van der Waals surface area contributed by atoms with Crippen LogP contribution >= 0.6 is 15.9 Å². The maximum absolute atomic E-state index is 11.3. The van der Waals surface area contributed by atoms with E-state index >= 15 is 0 Å². The third-order valence-corrected chi connectivity index (χ3v) is 3.08. The lowest BCUT2D eigenvalue weighted by Crippen LogP contribution is -2.55. The van der Waals surface area contributed by atoms with E-state index in [2.05, 4.69) is 15.9 Å². The van der Waals surface area contributed by atoms with Crippen molar-refractivity contribution in [2.45, 2.75) is 19.0 Å². The topological polar surface area (TPSA) is 57.6 Å². The van der Waals surface area contributed by atoms with Gasteiger partial charge in [-0.05, 0) is 17.7 Å². The zero-order valence-electron chi connectivity index (χ0n) is 8.39. The van der Waals surface area contributed by atoms with Crippen LogP contribution < -0.4 is 0 Å². The van der Waals surface area contributed by atoms with Crippen LogP contribution in [0.4, 0.5) is 0 Å². The third-order valence-electron chi connectivity index (χ3n) is 2.59. The van der Waals surface area contributed by atoms with Crippen LogP contribution in [0.15, 0.2) is 28.7 Å². The second kappa shape index (κ2) is 4.25. The Balaban J connectivity index is 2.09. The fraction of sp³-hybridized carbons (Fsp3) is 0.273. The summed E-state index contributed by atoms with van der Waals surface area (Å²) in [5.41, 5.74) is 0.925. The largest absolute Gasteiger partial charge is 0.480 e. The summed E-state index contributed by atoms with van der Waals surface area (Å²) in [6, 6.07) is 6.83. The molecule has 0 saturated carbocycles. The van der Waals surface area contributed by atoms with Crippen LogP contribution in [0.3, 0.4) is 0 Å². The van der Waals surface area contributed by atoms with Gasteiger partial charge < -0.3 is 10.0 Å². The fourth-order valence-corrected chi connectivity index (χ4v) is 2.15. The predicted molar refractivity (Wildman–Crippen MR) is 60.7 cm³/mol. The van der Waals surface area contributed by atoms with Gasteiger partial charge in [0.15, 0.2) is 0 Å². The van der Waals surface area contributed by atoms with Crippen molar-refractivity contribution in [3.05, 3.63) is 34.3 Å². The van der Waals surface area contributed by atoms with E-state index in [0.29, 0.717) is 6.54 Å². The second-order valence-electron chi connectivity index (χ2n) is 3.71. The summed E-state index contributed by atoms with van der Waals surface area (Å²) in [7, 11) is 0. The van der Waals surface area contributed by atoms with Crippen LogP contribution in [0.25, 0.3) is 0 Å². The van der Waals surface area contributed by atoms with Crippen molar-refractivity contribution in [1.82, 2.24) is 4.90 Å². The summed E-state index contributed by atoms with van der Waals surface area (Å²) in [6.07, 6.45) is 0.114. The van der Waals surface area contributed by atoms with E-state index in [1.54, 1.807) is 0 Å². The molecule has 16 heavy (non-hydrogen) atoms. The summed E-state index contributed by atoms with van der Waals surface area (Å²) < 4.78 is 0.921. The number of rotatable bonds is 3. The lowest BCUT2D eigenvalue weighted by molar-refractivity contribution is -0.162. The fourth-order valence-electron chi connectivity index (χ4n) is 1.71. The molecule has 4 nitrogen and oxygen atoms in total. The molecule has 1 aliphatic rings. The van der Waals surface area contributed by atoms with Gasteiger partial charge in [-0.2, -0.15) is 0 Å². The lowest BCUT2D eigenvalue weighted by atomic mass is 10.0. The first-order chi connectivity index (χ1) is 7.58. The van der Waals surface area contributed by atoms with Gasteiger partial charge in [0.25, 0.3) is 0 Å². The van der Waals surface area contributed by atoms with E-state index in [1.807, 2.05) is 24.3 Å². The predicted octanol–water partition coefficient (Wildman–Crippen LogP) is 1.63. The van der Waals surface area contributed by atoms with Crippen LogP contribution in [0.1, 0.15) is 12.0 Å². The van der Waals surface area contributed by atoms with Gasteiger partial charge in [-0.25, -0.2) is 4.79 Å². The van der Waals surface area contributed by atoms with Crippen molar-refractivity contribution >= 4 is 27.8 Å². The molecular weight excluding hydrogens is 274 g/mol. The van der Waals surface area contributed by atoms with Crippen LogP contribution in [0.2, 0.25) is 0 Å². The number of carbonyl (C=O) groups excluding carboxylic acids is 1. The maximum atomic E-state index is 11.3. The van der Waals surface area contributed by atoms with E-state index in [0.717, 1.165) is 10.0 Å². The van der Waals surface area contributed by atoms with Gasteiger partial charge in [-0.15, -0.1) is 0 Å². The number of β-lactam (4-membered cyclic amide) rings is 1. The minimum atomic E-state index is -0.936. The van der Waals surface area contributed by atoms with E-state index in [1.165, 1.54) is 4.90 Å². The number of halogens is 1. The highest BCUT2D eigenvalue weighted by molar-refractivity contribution is 9.10. The number of nitrogens with zero attached hydrogens (tertiary/aromatic N) is 1. The van der Waals surface area contributed by atoms with Crippen molar-refractivity contribution in [1.29, 1.82) is 0 Å². The monoisotopic (exact) mass is 283 g/mol. The molecule has 1 N–H and O–H groups in total. The van der Waals surface area contributed by atoms with Crippen LogP contribution in [-0.4, -0.2) is 27.9 Å². The lowest BCUT2D eigenvalue weighted by Gasteiger charge is -2.37. The summed E-state index contributed by atoms with van der Waals surface area (Å²) in [4.78, 5) is 23.5. The van der Waals surface area contributed by atoms with Crippen LogP contribution in [0.5, 0.6) is 0 Å². The second-order valence-corrected chi connectivity index (χ2v) is 4.63. The minimum Gasteiger partial charge on any atom is -0.480 e. The van der Waals surface area contributed by atoms with Crippen molar-refractivity contribution in [3.8, 4) is 0 Å². The van der Waals surface area contributed by atoms with Gasteiger partial charge in [-0.1, -0.05) is 28.1 Å². The standard InChI is InChI=1S/C11H10BrNO3/c12-8-3-1-2-7(4-8)6-13-9(11(15)16)5-10(13)14/h1-4,9H,5-6H2,(H,15,16)/t9-/m1/s1. The van der Waals surface area contributed by atoms with Gasteiger partial charge in [0.05, 0.1) is 6.42 Å². The highest BCUT2D eigenvalue weighted by Gasteiger charge is 2.40. The highest BCUT2D eigenvalue weighted by atomic mass is 79.9. The van der Waals surface area contributed by atoms with Gasteiger partial charge in [-0.3, -0.25) is 4.79 Å². The Labute approximate surface area is 101 Å². The number of carboxylic acids is 1. The molecule has 0 spiro atoms. The van der Waals surface area contributed by atoms with Crippen molar-refractivity contribution in [2.24, 2.45) is 0 Å². The molecule has 2 rings (SSSR count). The number of carbonyl (C=O) groups is 2. The summed E-state index contributed by atoms with van der Waals surface area (Å²) in [5, 5.41) is 8.85. The zero-order chi connectivity index (χ0) is 11.7. The number of amides is 1. The average Bonchev–Trinajstić information content (AvgIpc) is 2.22. The van der Waals surface area contributed by atoms with Crippen LogP contribution in [0, 0.1) is 0 Å². The van der Waals surface area contributed by atoms with Gasteiger partial charge in [0.2, 0.25) is 5.91 Å². The number of likely N-dealkylation sites (tertiary alicyclic amines) is 1. The van der Waals surface area contributed by atoms with Crippen molar-refractivity contribution in [2.75, 3.05) is 0 Å². The number of aliphatic carboxylic acids is 1. The molecule has 1 aromatic carbocycles. The molecule has 0 unspecified atom stereocenters. The molecule has 0 radical (unpaired) electrons. The van der Waals surface area contributed by atoms with E-state index in [-0.39, 0.29) is 12.3 Å². The number of benzene rings is 1. The van der Waals surface area contributed by atoms with Gasteiger partial charge in [0, 0.05) is 11.0 Å². The number of carboxylic acid groups (broad SMARTS) is 1. The Morgan fingerprint density at radius 1 is 1.56 bits per heavy atom. The number of hydrogen-bond donors (Lipinski definition) is 1. The summed E-state index contributed by atoms with van der Waals surface area (Å²) >= 11 is 3.33. The van der Waals surface area contributed by atoms with Crippen molar-refractivity contribution < 1.29 is 14.7 Å². The molecule has 0 bridgehead atoms. The quantitative estimate of drug-likeness (QED) is 0.858. The first-order valence-electron chi connectivity index (χ1n) is 4.84. The Morgan fingerprint density at radius 2 is 2.31 bits per heavy atom. The third kappa shape index (κ3) is 2.09. The zero-order valence-corrected chi connectivity index (χ0v) is 9.98. The van der Waals surface area contributed by atoms with Gasteiger partial charge in [0.1, 0.15) is 6.04 Å². The molecule has 5 heteroatoms. The first kappa shape index (κ1) is 11.1. The molecule has 1 saturated heterocycles. The number of hydrogen-bond acceptors (Lipinski definition) is 2. The van der Waals surface area contributed by atoms with E-state index < -0.39 is 12.0 Å². The van der Waals surface area contributed by atoms with Crippen molar-refractivity contribution in [3.63, 3.8) is 0 Å². The summed E-state index contributed by atoms with van der Waals surface area (Å²) in [5.74, 6) is -1.04. The molecule has 1 aliphatic heterocycles. The Morgan fingerprint density at radius 3 is 2.88 bits per heavy atom. The van der Waals surface area contributed by atoms with E-state index in [9.17, 15) is 9.59 Å². The maximum Gasteiger partial charge on any atom is 0.326 e. The minimum absolute atomic E-state index is 0.104.